The van der Waals surface area contributed by atoms with Gasteiger partial charge in [-0.2, -0.15) is 13.2 Å². The minimum Gasteiger partial charge on any atom is -0.384 e. The van der Waals surface area contributed by atoms with E-state index in [1.807, 2.05) is 12.1 Å². The molecule has 4 aromatic rings. The average Bonchev–Trinajstić information content (AvgIpc) is 3.18. The van der Waals surface area contributed by atoms with Crippen LogP contribution in [0.4, 0.5) is 19.0 Å². The molecule has 3 heterocycles. The number of hydrogen-bond donors (Lipinski definition) is 3. The molecule has 0 saturated heterocycles. The molecule has 2 atom stereocenters. The van der Waals surface area contributed by atoms with E-state index in [-0.39, 0.29) is 18.0 Å². The molecular weight excluding hydrogens is 496 g/mol. The number of fused-ring (bicyclic) bond motifs is 1. The van der Waals surface area contributed by atoms with Crippen molar-refractivity contribution in [3.8, 4) is 11.3 Å². The lowest BCUT2D eigenvalue weighted by Crippen LogP contribution is -2.39. The van der Waals surface area contributed by atoms with Crippen LogP contribution in [0.3, 0.4) is 0 Å². The third kappa shape index (κ3) is 4.64. The van der Waals surface area contributed by atoms with Crippen LogP contribution >= 0.6 is 35.3 Å². The quantitative estimate of drug-likeness (QED) is 0.318. The largest absolute Gasteiger partial charge is 0.421 e. The van der Waals surface area contributed by atoms with Crippen molar-refractivity contribution < 1.29 is 18.3 Å². The zero-order valence-corrected chi connectivity index (χ0v) is 19.5. The van der Waals surface area contributed by atoms with E-state index in [4.69, 9.17) is 23.1 Å². The predicted molar refractivity (Wildman–Crippen MR) is 128 cm³/mol. The number of thiophene rings is 1. The monoisotopic (exact) mass is 514 g/mol. The summed E-state index contributed by atoms with van der Waals surface area (Å²) in [6, 6.07) is 12.3. The van der Waals surface area contributed by atoms with E-state index in [9.17, 15) is 18.3 Å². The number of benzene rings is 1. The first-order chi connectivity index (χ1) is 15.0. The second kappa shape index (κ2) is 9.08. The fourth-order valence-electron chi connectivity index (χ4n) is 3.31. The van der Waals surface area contributed by atoms with Crippen LogP contribution in [0.15, 0.2) is 54.7 Å². The van der Waals surface area contributed by atoms with Crippen LogP contribution in [-0.4, -0.2) is 21.3 Å². The number of nitrogens with zero attached hydrogens (tertiary/aromatic N) is 2. The Kier molecular flexibility index (Phi) is 6.93. The van der Waals surface area contributed by atoms with Crippen LogP contribution in [0.2, 0.25) is 5.02 Å². The number of anilines is 1. The van der Waals surface area contributed by atoms with Gasteiger partial charge < -0.3 is 16.6 Å². The van der Waals surface area contributed by atoms with Crippen LogP contribution in [0.1, 0.15) is 29.1 Å². The molecule has 33 heavy (non-hydrogen) atoms. The van der Waals surface area contributed by atoms with Gasteiger partial charge in [0.25, 0.3) is 0 Å². The Morgan fingerprint density at radius 2 is 1.85 bits per heavy atom. The van der Waals surface area contributed by atoms with Crippen LogP contribution in [0.25, 0.3) is 21.3 Å². The summed E-state index contributed by atoms with van der Waals surface area (Å²) in [5.41, 5.74) is 10.2. The van der Waals surface area contributed by atoms with Crippen LogP contribution in [-0.2, 0) is 5.60 Å². The van der Waals surface area contributed by atoms with Gasteiger partial charge in [0.1, 0.15) is 5.82 Å². The fourth-order valence-corrected chi connectivity index (χ4v) is 4.72. The summed E-state index contributed by atoms with van der Waals surface area (Å²) in [7, 11) is 0. The normalized spacial score (nSPS) is 14.5. The van der Waals surface area contributed by atoms with Crippen molar-refractivity contribution in [2.45, 2.75) is 24.7 Å². The molecule has 0 bridgehead atoms. The summed E-state index contributed by atoms with van der Waals surface area (Å²) in [6.45, 7) is 0.720. The van der Waals surface area contributed by atoms with Gasteiger partial charge in [0.2, 0.25) is 0 Å². The first-order valence-corrected chi connectivity index (χ1v) is 10.6. The molecule has 0 spiro atoms. The molecule has 3 aromatic heterocycles. The molecule has 0 aliphatic rings. The highest BCUT2D eigenvalue weighted by Crippen LogP contribution is 2.41. The summed E-state index contributed by atoms with van der Waals surface area (Å²) < 4.78 is 40.7. The van der Waals surface area contributed by atoms with Gasteiger partial charge in [-0.15, -0.1) is 23.7 Å². The van der Waals surface area contributed by atoms with E-state index in [1.54, 1.807) is 24.3 Å². The number of pyridine rings is 2. The number of alkyl halides is 3. The van der Waals surface area contributed by atoms with Gasteiger partial charge in [-0.3, -0.25) is 4.98 Å². The Balaban J connectivity index is 0.00000306. The molecular formula is C22H19Cl2F3N4OS. The zero-order chi connectivity index (χ0) is 23.3. The number of nitrogen functional groups attached to an aromatic ring is 1. The minimum atomic E-state index is -4.83. The number of hydrogen-bond acceptors (Lipinski definition) is 6. The Morgan fingerprint density at radius 1 is 1.12 bits per heavy atom. The summed E-state index contributed by atoms with van der Waals surface area (Å²) in [4.78, 5) is 9.24. The smallest absolute Gasteiger partial charge is 0.384 e. The van der Waals surface area contributed by atoms with Crippen molar-refractivity contribution >= 4 is 51.2 Å². The highest BCUT2D eigenvalue weighted by atomic mass is 35.5. The number of aliphatic hydroxyl groups is 1. The SMILES string of the molecule is C[C@](O)(c1ccnc(-c2cccc3cc([C@H](N)c4nc(N)ccc4Cl)sc23)c1)C(F)(F)F.Cl. The lowest BCUT2D eigenvalue weighted by Gasteiger charge is -2.26. The first kappa shape index (κ1) is 25.2. The number of aromatic nitrogens is 2. The summed E-state index contributed by atoms with van der Waals surface area (Å²) in [5.74, 6) is 0.291. The number of nitrogens with two attached hydrogens (primary N) is 2. The Bertz CT molecular complexity index is 1310. The molecule has 0 radical (unpaired) electrons. The van der Waals surface area contributed by atoms with Gasteiger partial charge in [0, 0.05) is 21.3 Å². The topological polar surface area (TPSA) is 98.0 Å². The molecule has 4 rings (SSSR count). The van der Waals surface area contributed by atoms with Gasteiger partial charge >= 0.3 is 6.18 Å². The average molecular weight is 515 g/mol. The third-order valence-electron chi connectivity index (χ3n) is 5.21. The van der Waals surface area contributed by atoms with Crippen molar-refractivity contribution in [2.75, 3.05) is 5.73 Å². The highest BCUT2D eigenvalue weighted by molar-refractivity contribution is 7.19. The van der Waals surface area contributed by atoms with E-state index in [0.717, 1.165) is 28.0 Å². The standard InChI is InChI=1S/C22H18ClF3N4OS.ClH/c1-21(31,22(24,25)26)12-7-8-29-15(10-12)13-4-2-3-11-9-16(32-20(11)13)18(28)19-14(23)5-6-17(27)30-19;/h2-10,18,31H,28H2,1H3,(H2,27,30);1H/t18-,21-;/m0./s1. The maximum atomic E-state index is 13.3. The van der Waals surface area contributed by atoms with Gasteiger partial charge in [-0.05, 0) is 48.2 Å². The van der Waals surface area contributed by atoms with E-state index >= 15 is 0 Å². The van der Waals surface area contributed by atoms with Crippen LogP contribution in [0, 0.1) is 0 Å². The van der Waals surface area contributed by atoms with Gasteiger partial charge in [0.15, 0.2) is 5.60 Å². The number of rotatable bonds is 4. The van der Waals surface area contributed by atoms with Gasteiger partial charge in [-0.25, -0.2) is 4.98 Å². The molecule has 0 amide bonds. The first-order valence-electron chi connectivity index (χ1n) is 9.45. The van der Waals surface area contributed by atoms with Gasteiger partial charge in [0.05, 0.1) is 22.5 Å². The molecule has 0 unspecified atom stereocenters. The molecule has 0 fully saturated rings. The molecule has 11 heteroatoms. The highest BCUT2D eigenvalue weighted by Gasteiger charge is 2.51. The molecule has 0 aliphatic heterocycles. The van der Waals surface area contributed by atoms with Crippen LogP contribution in [0.5, 0.6) is 0 Å². The van der Waals surface area contributed by atoms with E-state index in [0.29, 0.717) is 27.8 Å². The van der Waals surface area contributed by atoms with Crippen molar-refractivity contribution in [1.82, 2.24) is 9.97 Å². The minimum absolute atomic E-state index is 0. The van der Waals surface area contributed by atoms with E-state index in [2.05, 4.69) is 9.97 Å². The molecule has 1 aromatic carbocycles. The Morgan fingerprint density at radius 3 is 2.55 bits per heavy atom. The maximum absolute atomic E-state index is 13.3. The van der Waals surface area contributed by atoms with Crippen LogP contribution < -0.4 is 11.5 Å². The summed E-state index contributed by atoms with van der Waals surface area (Å²) in [5, 5.41) is 11.3. The molecule has 5 N–H and O–H groups in total. The van der Waals surface area contributed by atoms with Crippen molar-refractivity contribution in [2.24, 2.45) is 5.73 Å². The van der Waals surface area contributed by atoms with Gasteiger partial charge in [-0.1, -0.05) is 29.8 Å². The fraction of sp³-hybridized carbons (Fsp3) is 0.182. The van der Waals surface area contributed by atoms with Crippen molar-refractivity contribution in [3.05, 3.63) is 75.9 Å². The lowest BCUT2D eigenvalue weighted by molar-refractivity contribution is -0.258. The summed E-state index contributed by atoms with van der Waals surface area (Å²) in [6.07, 6.45) is -3.58. The second-order valence-corrected chi connectivity index (χ2v) is 8.94. The van der Waals surface area contributed by atoms with Crippen molar-refractivity contribution in [3.63, 3.8) is 0 Å². The van der Waals surface area contributed by atoms with E-state index < -0.39 is 17.8 Å². The Labute approximate surface area is 202 Å². The molecule has 0 saturated carbocycles. The predicted octanol–water partition coefficient (Wildman–Crippen LogP) is 5.83. The zero-order valence-electron chi connectivity index (χ0n) is 17.1. The lowest BCUT2D eigenvalue weighted by atomic mass is 9.94. The third-order valence-corrected chi connectivity index (χ3v) is 6.80. The second-order valence-electron chi connectivity index (χ2n) is 7.45. The molecule has 5 nitrogen and oxygen atoms in total. The Hall–Kier alpha value is -2.43. The maximum Gasteiger partial charge on any atom is 0.421 e. The molecule has 174 valence electrons. The van der Waals surface area contributed by atoms with Crippen molar-refractivity contribution in [1.29, 1.82) is 0 Å². The molecule has 0 aliphatic carbocycles. The van der Waals surface area contributed by atoms with E-state index in [1.165, 1.54) is 23.6 Å². The summed E-state index contributed by atoms with van der Waals surface area (Å²) >= 11 is 7.61. The number of halogens is 5.